The quantitative estimate of drug-likeness (QED) is 0.579. The van der Waals surface area contributed by atoms with Gasteiger partial charge in [-0.15, -0.1) is 0 Å². The molecule has 3 rings (SSSR count). The van der Waals surface area contributed by atoms with Gasteiger partial charge in [-0.1, -0.05) is 74.5 Å². The number of rotatable bonds is 7. The highest BCUT2D eigenvalue weighted by atomic mass is 28.4. The predicted octanol–water partition coefficient (Wildman–Crippen LogP) is 3.16. The summed E-state index contributed by atoms with van der Waals surface area (Å²) in [5, 5.41) is 8.16. The molecule has 1 amide bonds. The average Bonchev–Trinajstić information content (AvgIpc) is 2.70. The second-order valence-corrected chi connectivity index (χ2v) is 14.1. The number of hydrogen-bond donors (Lipinski definition) is 3. The molecule has 3 N–H and O–H groups in total. The summed E-state index contributed by atoms with van der Waals surface area (Å²) < 4.78 is 5.40. The van der Waals surface area contributed by atoms with Gasteiger partial charge in [-0.05, 0) is 49.0 Å². The SMILES string of the molecule is CC(C)(C)OC(=O)N[C@@H]1CN[C@@H]1CCC(C)(C)[Si](O)(c1ccccc1)c1ccccc1. The maximum absolute atomic E-state index is 12.3. The summed E-state index contributed by atoms with van der Waals surface area (Å²) in [6.07, 6.45) is 1.33. The molecule has 0 aliphatic carbocycles. The van der Waals surface area contributed by atoms with Gasteiger partial charge in [0.05, 0.1) is 6.04 Å². The third-order valence-electron chi connectivity index (χ3n) is 6.23. The summed E-state index contributed by atoms with van der Waals surface area (Å²) in [5.74, 6) is 0. The van der Waals surface area contributed by atoms with Crippen molar-refractivity contribution >= 4 is 24.8 Å². The van der Waals surface area contributed by atoms with Crippen LogP contribution in [0.5, 0.6) is 0 Å². The summed E-state index contributed by atoms with van der Waals surface area (Å²) in [7, 11) is -3.01. The number of alkyl carbamates (subject to hydrolysis) is 1. The topological polar surface area (TPSA) is 70.6 Å². The van der Waals surface area contributed by atoms with Crippen LogP contribution in [0.15, 0.2) is 60.7 Å². The number of amides is 1. The first kappa shape index (κ1) is 23.5. The molecule has 1 fully saturated rings. The molecule has 0 saturated carbocycles. The van der Waals surface area contributed by atoms with Gasteiger partial charge in [0.2, 0.25) is 0 Å². The van der Waals surface area contributed by atoms with Crippen molar-refractivity contribution < 1.29 is 14.3 Å². The highest BCUT2D eigenvalue weighted by Gasteiger charge is 2.50. The first-order valence-corrected chi connectivity index (χ1v) is 13.0. The smallest absolute Gasteiger partial charge is 0.407 e. The van der Waals surface area contributed by atoms with Crippen LogP contribution in [-0.4, -0.2) is 43.4 Å². The van der Waals surface area contributed by atoms with Crippen molar-refractivity contribution in [3.05, 3.63) is 60.7 Å². The molecule has 1 saturated heterocycles. The Morgan fingerprint density at radius 3 is 1.97 bits per heavy atom. The monoisotopic (exact) mass is 440 g/mol. The highest BCUT2D eigenvalue weighted by Crippen LogP contribution is 2.40. The van der Waals surface area contributed by atoms with Crippen molar-refractivity contribution in [2.24, 2.45) is 0 Å². The Morgan fingerprint density at radius 1 is 1.03 bits per heavy atom. The number of carbonyl (C=O) groups excluding carboxylic acids is 1. The Balaban J connectivity index is 1.73. The van der Waals surface area contributed by atoms with Crippen molar-refractivity contribution in [2.75, 3.05) is 6.54 Å². The van der Waals surface area contributed by atoms with E-state index in [2.05, 4.69) is 48.7 Å². The van der Waals surface area contributed by atoms with Crippen molar-refractivity contribution in [3.8, 4) is 0 Å². The van der Waals surface area contributed by atoms with E-state index in [9.17, 15) is 9.59 Å². The van der Waals surface area contributed by atoms with Crippen LogP contribution in [0.3, 0.4) is 0 Å². The Hall–Kier alpha value is -2.15. The number of ether oxygens (including phenoxy) is 1. The maximum atomic E-state index is 12.3. The Bertz CT molecular complexity index is 826. The fourth-order valence-corrected chi connectivity index (χ4v) is 8.07. The van der Waals surface area contributed by atoms with E-state index in [0.29, 0.717) is 0 Å². The molecule has 2 atom stereocenters. The lowest BCUT2D eigenvalue weighted by molar-refractivity contribution is 0.0459. The molecule has 6 heteroatoms. The fourth-order valence-electron chi connectivity index (χ4n) is 4.32. The molecule has 0 radical (unpaired) electrons. The molecular weight excluding hydrogens is 404 g/mol. The zero-order valence-corrected chi connectivity index (χ0v) is 20.3. The van der Waals surface area contributed by atoms with Gasteiger partial charge in [-0.25, -0.2) is 4.79 Å². The standard InChI is InChI=1S/C25H36N2O3Si/c1-24(2,3)30-23(28)27-22-18-26-21(22)16-17-25(4,5)31(29,19-12-8-6-9-13-19)20-14-10-7-11-15-20/h6-15,21-22,26,29H,16-18H2,1-5H3,(H,27,28)/t21-,22-/m1/s1. The Kier molecular flexibility index (Phi) is 6.94. The van der Waals surface area contributed by atoms with Crippen LogP contribution >= 0.6 is 0 Å². The third-order valence-corrected chi connectivity index (χ3v) is 10.8. The summed E-state index contributed by atoms with van der Waals surface area (Å²) in [6, 6.07) is 20.4. The van der Waals surface area contributed by atoms with Crippen molar-refractivity contribution in [1.29, 1.82) is 0 Å². The van der Waals surface area contributed by atoms with E-state index < -0.39 is 13.9 Å². The first-order chi connectivity index (χ1) is 14.5. The first-order valence-electron chi connectivity index (χ1n) is 11.1. The van der Waals surface area contributed by atoms with Gasteiger partial charge in [0.15, 0.2) is 0 Å². The molecule has 31 heavy (non-hydrogen) atoms. The number of carbonyl (C=O) groups is 1. The molecule has 1 heterocycles. The third kappa shape index (κ3) is 5.37. The molecule has 0 aromatic heterocycles. The van der Waals surface area contributed by atoms with Crippen LogP contribution in [-0.2, 0) is 4.74 Å². The molecule has 2 aromatic rings. The van der Waals surface area contributed by atoms with Crippen LogP contribution in [0.25, 0.3) is 0 Å². The normalized spacial score (nSPS) is 19.4. The molecule has 0 bridgehead atoms. The van der Waals surface area contributed by atoms with E-state index in [1.807, 2.05) is 57.2 Å². The van der Waals surface area contributed by atoms with E-state index in [4.69, 9.17) is 4.74 Å². The van der Waals surface area contributed by atoms with E-state index in [1.165, 1.54) is 0 Å². The molecular formula is C25H36N2O3Si. The summed E-state index contributed by atoms with van der Waals surface area (Å²) in [6.45, 7) is 10.7. The van der Waals surface area contributed by atoms with E-state index >= 15 is 0 Å². The van der Waals surface area contributed by atoms with Gasteiger partial charge >= 0.3 is 6.09 Å². The number of hydrogen-bond acceptors (Lipinski definition) is 4. The van der Waals surface area contributed by atoms with Gasteiger partial charge < -0.3 is 20.2 Å². The fraction of sp³-hybridized carbons (Fsp3) is 0.480. The van der Waals surface area contributed by atoms with Gasteiger partial charge in [-0.3, -0.25) is 0 Å². The summed E-state index contributed by atoms with van der Waals surface area (Å²) in [4.78, 5) is 24.4. The molecule has 168 valence electrons. The van der Waals surface area contributed by atoms with Crippen molar-refractivity contribution in [2.45, 2.75) is 70.2 Å². The summed E-state index contributed by atoms with van der Waals surface area (Å²) >= 11 is 0. The van der Waals surface area contributed by atoms with E-state index in [-0.39, 0.29) is 23.2 Å². The molecule has 2 aromatic carbocycles. The van der Waals surface area contributed by atoms with Crippen molar-refractivity contribution in [1.82, 2.24) is 10.6 Å². The molecule has 0 spiro atoms. The maximum Gasteiger partial charge on any atom is 0.407 e. The molecule has 0 unspecified atom stereocenters. The second kappa shape index (κ2) is 9.15. The van der Waals surface area contributed by atoms with Gasteiger partial charge in [0.1, 0.15) is 5.60 Å². The number of nitrogens with one attached hydrogen (secondary N) is 2. The molecule has 1 aliphatic heterocycles. The van der Waals surface area contributed by atoms with Gasteiger partial charge in [0.25, 0.3) is 8.32 Å². The van der Waals surface area contributed by atoms with Crippen LogP contribution < -0.4 is 21.0 Å². The molecule has 5 nitrogen and oxygen atoms in total. The van der Waals surface area contributed by atoms with Gasteiger partial charge in [-0.2, -0.15) is 0 Å². The van der Waals surface area contributed by atoms with Crippen molar-refractivity contribution in [3.63, 3.8) is 0 Å². The van der Waals surface area contributed by atoms with Crippen LogP contribution in [0.1, 0.15) is 47.5 Å². The van der Waals surface area contributed by atoms with Crippen LogP contribution in [0.4, 0.5) is 4.79 Å². The molecule has 1 aliphatic rings. The second-order valence-electron chi connectivity index (χ2n) is 10.1. The lowest BCUT2D eigenvalue weighted by Gasteiger charge is -2.44. The largest absolute Gasteiger partial charge is 0.444 e. The minimum Gasteiger partial charge on any atom is -0.444 e. The average molecular weight is 441 g/mol. The Morgan fingerprint density at radius 2 is 1.55 bits per heavy atom. The van der Waals surface area contributed by atoms with E-state index in [0.717, 1.165) is 29.8 Å². The zero-order valence-electron chi connectivity index (χ0n) is 19.3. The Labute approximate surface area is 187 Å². The number of benzene rings is 2. The zero-order chi connectivity index (χ0) is 22.7. The minimum absolute atomic E-state index is 0.0499. The predicted molar refractivity (Wildman–Crippen MR) is 128 cm³/mol. The van der Waals surface area contributed by atoms with Crippen LogP contribution in [0, 0.1) is 0 Å². The lowest BCUT2D eigenvalue weighted by atomic mass is 9.92. The highest BCUT2D eigenvalue weighted by molar-refractivity contribution is 6.98. The van der Waals surface area contributed by atoms with Gasteiger partial charge in [0, 0.05) is 12.6 Å². The minimum atomic E-state index is -3.01. The lowest BCUT2D eigenvalue weighted by Crippen LogP contribution is -2.67. The van der Waals surface area contributed by atoms with E-state index in [1.54, 1.807) is 0 Å². The van der Waals surface area contributed by atoms with Crippen LogP contribution in [0.2, 0.25) is 5.04 Å². The summed E-state index contributed by atoms with van der Waals surface area (Å²) in [5.41, 5.74) is -0.508.